The van der Waals surface area contributed by atoms with Gasteiger partial charge in [-0.15, -0.1) is 0 Å². The Bertz CT molecular complexity index is 354. The van der Waals surface area contributed by atoms with Crippen LogP contribution in [0.1, 0.15) is 44.9 Å². The Morgan fingerprint density at radius 1 is 1.15 bits per heavy atom. The summed E-state index contributed by atoms with van der Waals surface area (Å²) in [5.41, 5.74) is 0. The SMILES string of the molecule is N#CC1CCCCCC1NCC1CN2CCCC2CO1. The van der Waals surface area contributed by atoms with Crippen molar-refractivity contribution in [3.05, 3.63) is 0 Å². The zero-order valence-electron chi connectivity index (χ0n) is 12.4. The molecule has 4 atom stereocenters. The van der Waals surface area contributed by atoms with Gasteiger partial charge in [-0.05, 0) is 32.2 Å². The summed E-state index contributed by atoms with van der Waals surface area (Å²) in [6.45, 7) is 4.13. The largest absolute Gasteiger partial charge is 0.374 e. The topological polar surface area (TPSA) is 48.3 Å². The lowest BCUT2D eigenvalue weighted by Gasteiger charge is -2.36. The first-order chi connectivity index (χ1) is 9.86. The van der Waals surface area contributed by atoms with E-state index in [0.717, 1.165) is 32.5 Å². The highest BCUT2D eigenvalue weighted by atomic mass is 16.5. The van der Waals surface area contributed by atoms with Crippen LogP contribution in [-0.4, -0.2) is 49.3 Å². The van der Waals surface area contributed by atoms with E-state index in [1.54, 1.807) is 0 Å². The molecule has 2 heterocycles. The van der Waals surface area contributed by atoms with Gasteiger partial charge >= 0.3 is 0 Å². The summed E-state index contributed by atoms with van der Waals surface area (Å²) in [5.74, 6) is 0.195. The molecule has 0 aromatic heterocycles. The van der Waals surface area contributed by atoms with Crippen molar-refractivity contribution in [2.24, 2.45) is 5.92 Å². The average Bonchev–Trinajstić information content (AvgIpc) is 2.82. The maximum absolute atomic E-state index is 9.32. The van der Waals surface area contributed by atoms with E-state index in [0.29, 0.717) is 18.2 Å². The summed E-state index contributed by atoms with van der Waals surface area (Å²) < 4.78 is 6.00. The van der Waals surface area contributed by atoms with Crippen LogP contribution in [0.15, 0.2) is 0 Å². The van der Waals surface area contributed by atoms with Crippen LogP contribution in [0, 0.1) is 17.2 Å². The van der Waals surface area contributed by atoms with Crippen molar-refractivity contribution >= 4 is 0 Å². The number of nitriles is 1. The summed E-state index contributed by atoms with van der Waals surface area (Å²) in [4.78, 5) is 2.59. The summed E-state index contributed by atoms with van der Waals surface area (Å²) >= 11 is 0. The van der Waals surface area contributed by atoms with Gasteiger partial charge in [0, 0.05) is 25.2 Å². The molecular weight excluding hydrogens is 250 g/mol. The highest BCUT2D eigenvalue weighted by Crippen LogP contribution is 2.24. The van der Waals surface area contributed by atoms with Crippen molar-refractivity contribution in [1.29, 1.82) is 5.26 Å². The second-order valence-corrected chi connectivity index (χ2v) is 6.63. The van der Waals surface area contributed by atoms with Crippen molar-refractivity contribution in [3.8, 4) is 6.07 Å². The average molecular weight is 277 g/mol. The van der Waals surface area contributed by atoms with Gasteiger partial charge in [0.1, 0.15) is 0 Å². The van der Waals surface area contributed by atoms with Crippen molar-refractivity contribution in [1.82, 2.24) is 10.2 Å². The molecule has 1 aliphatic carbocycles. The highest BCUT2D eigenvalue weighted by molar-refractivity contribution is 4.94. The number of rotatable bonds is 3. The first-order valence-electron chi connectivity index (χ1n) is 8.35. The zero-order valence-corrected chi connectivity index (χ0v) is 12.4. The molecule has 0 amide bonds. The fourth-order valence-electron chi connectivity index (χ4n) is 4.00. The van der Waals surface area contributed by atoms with Crippen molar-refractivity contribution in [3.63, 3.8) is 0 Å². The predicted octanol–water partition coefficient (Wildman–Crippen LogP) is 1.91. The van der Waals surface area contributed by atoms with Gasteiger partial charge in [-0.1, -0.05) is 19.3 Å². The van der Waals surface area contributed by atoms with Crippen LogP contribution in [-0.2, 0) is 4.74 Å². The molecule has 4 nitrogen and oxygen atoms in total. The Morgan fingerprint density at radius 2 is 2.05 bits per heavy atom. The van der Waals surface area contributed by atoms with Crippen LogP contribution in [0.5, 0.6) is 0 Å². The van der Waals surface area contributed by atoms with Gasteiger partial charge in [0.15, 0.2) is 0 Å². The number of hydrogen-bond acceptors (Lipinski definition) is 4. The van der Waals surface area contributed by atoms with Crippen LogP contribution in [0.25, 0.3) is 0 Å². The molecule has 0 aromatic carbocycles. The molecule has 3 aliphatic rings. The predicted molar refractivity (Wildman–Crippen MR) is 78.3 cm³/mol. The van der Waals surface area contributed by atoms with Crippen molar-refractivity contribution in [2.45, 2.75) is 63.1 Å². The first kappa shape index (κ1) is 14.3. The molecule has 0 aromatic rings. The Balaban J connectivity index is 1.47. The fraction of sp³-hybridized carbons (Fsp3) is 0.938. The van der Waals surface area contributed by atoms with E-state index in [1.165, 1.54) is 38.6 Å². The van der Waals surface area contributed by atoms with E-state index in [-0.39, 0.29) is 5.92 Å². The van der Waals surface area contributed by atoms with Crippen molar-refractivity contribution < 1.29 is 4.74 Å². The van der Waals surface area contributed by atoms with Crippen LogP contribution < -0.4 is 5.32 Å². The third-order valence-corrected chi connectivity index (χ3v) is 5.25. The molecule has 0 radical (unpaired) electrons. The molecule has 1 saturated carbocycles. The maximum atomic E-state index is 9.32. The standard InChI is InChI=1S/C16H27N3O/c17-9-13-5-2-1-3-7-16(13)18-10-15-11-19-8-4-6-14(19)12-20-15/h13-16,18H,1-8,10-12H2. The highest BCUT2D eigenvalue weighted by Gasteiger charge is 2.32. The Hall–Kier alpha value is -0.630. The lowest BCUT2D eigenvalue weighted by atomic mass is 9.96. The third-order valence-electron chi connectivity index (χ3n) is 5.25. The lowest BCUT2D eigenvalue weighted by Crippen LogP contribution is -2.51. The van der Waals surface area contributed by atoms with Crippen LogP contribution in [0.2, 0.25) is 0 Å². The molecule has 1 N–H and O–H groups in total. The number of morpholine rings is 1. The molecule has 3 rings (SSSR count). The van der Waals surface area contributed by atoms with E-state index < -0.39 is 0 Å². The maximum Gasteiger partial charge on any atom is 0.0827 e. The number of fused-ring (bicyclic) bond motifs is 1. The Labute approximate surface area is 122 Å². The van der Waals surface area contributed by atoms with Crippen LogP contribution in [0.4, 0.5) is 0 Å². The van der Waals surface area contributed by atoms with Gasteiger partial charge < -0.3 is 10.1 Å². The minimum atomic E-state index is 0.195. The number of hydrogen-bond donors (Lipinski definition) is 1. The van der Waals surface area contributed by atoms with Crippen LogP contribution >= 0.6 is 0 Å². The van der Waals surface area contributed by atoms with E-state index in [1.807, 2.05) is 0 Å². The van der Waals surface area contributed by atoms with Gasteiger partial charge in [0.25, 0.3) is 0 Å². The van der Waals surface area contributed by atoms with Gasteiger partial charge in [-0.2, -0.15) is 5.26 Å². The monoisotopic (exact) mass is 277 g/mol. The minimum absolute atomic E-state index is 0.195. The second-order valence-electron chi connectivity index (χ2n) is 6.63. The normalized spacial score (nSPS) is 39.0. The quantitative estimate of drug-likeness (QED) is 0.801. The number of nitrogens with one attached hydrogen (secondary N) is 1. The lowest BCUT2D eigenvalue weighted by molar-refractivity contribution is -0.0483. The number of nitrogens with zero attached hydrogens (tertiary/aromatic N) is 2. The summed E-state index contributed by atoms with van der Waals surface area (Å²) in [6, 6.07) is 3.56. The first-order valence-corrected chi connectivity index (χ1v) is 8.35. The zero-order chi connectivity index (χ0) is 13.8. The molecule has 20 heavy (non-hydrogen) atoms. The van der Waals surface area contributed by atoms with Crippen molar-refractivity contribution in [2.75, 3.05) is 26.2 Å². The molecule has 0 spiro atoms. The summed E-state index contributed by atoms with van der Waals surface area (Å²) in [6.07, 6.45) is 8.91. The summed E-state index contributed by atoms with van der Waals surface area (Å²) in [7, 11) is 0. The second kappa shape index (κ2) is 6.89. The van der Waals surface area contributed by atoms with E-state index in [9.17, 15) is 5.26 Å². The fourth-order valence-corrected chi connectivity index (χ4v) is 4.00. The Kier molecular flexibility index (Phi) is 4.93. The van der Waals surface area contributed by atoms with E-state index in [2.05, 4.69) is 16.3 Å². The smallest absolute Gasteiger partial charge is 0.0827 e. The van der Waals surface area contributed by atoms with Gasteiger partial charge in [0.2, 0.25) is 0 Å². The van der Waals surface area contributed by atoms with E-state index in [4.69, 9.17) is 4.74 Å². The molecule has 3 fully saturated rings. The molecular formula is C16H27N3O. The van der Waals surface area contributed by atoms with Gasteiger partial charge in [-0.3, -0.25) is 4.90 Å². The van der Waals surface area contributed by atoms with E-state index >= 15 is 0 Å². The molecule has 0 bridgehead atoms. The molecule has 2 aliphatic heterocycles. The molecule has 4 heteroatoms. The van der Waals surface area contributed by atoms with Gasteiger partial charge in [-0.25, -0.2) is 0 Å². The molecule has 112 valence electrons. The third kappa shape index (κ3) is 3.33. The summed E-state index contributed by atoms with van der Waals surface area (Å²) in [5, 5.41) is 13.0. The Morgan fingerprint density at radius 3 is 2.95 bits per heavy atom. The number of ether oxygens (including phenoxy) is 1. The molecule has 4 unspecified atom stereocenters. The molecule has 2 saturated heterocycles. The van der Waals surface area contributed by atoms with Crippen LogP contribution in [0.3, 0.4) is 0 Å². The minimum Gasteiger partial charge on any atom is -0.374 e. The van der Waals surface area contributed by atoms with Gasteiger partial charge in [0.05, 0.1) is 24.7 Å².